The lowest BCUT2D eigenvalue weighted by molar-refractivity contribution is 0.396. The second-order valence-electron chi connectivity index (χ2n) is 4.24. The Labute approximate surface area is 95.6 Å². The van der Waals surface area contributed by atoms with Crippen LogP contribution in [0.5, 0.6) is 5.88 Å². The van der Waals surface area contributed by atoms with Gasteiger partial charge in [-0.3, -0.25) is 0 Å². The molecular weight excluding hydrogens is 204 g/mol. The van der Waals surface area contributed by atoms with Crippen molar-refractivity contribution in [2.75, 3.05) is 25.1 Å². The van der Waals surface area contributed by atoms with E-state index in [1.807, 2.05) is 0 Å². The van der Waals surface area contributed by atoms with E-state index in [0.717, 1.165) is 25.5 Å². The Morgan fingerprint density at radius 2 is 2.44 bits per heavy atom. The molecule has 2 atom stereocenters. The fraction of sp³-hybridized carbons (Fsp3) is 0.636. The quantitative estimate of drug-likeness (QED) is 0.814. The summed E-state index contributed by atoms with van der Waals surface area (Å²) < 4.78 is 5.10. The molecule has 0 radical (unpaired) electrons. The Morgan fingerprint density at radius 3 is 3.06 bits per heavy atom. The molecule has 2 N–H and O–H groups in total. The number of aromatic nitrogens is 2. The Bertz CT molecular complexity index is 358. The Morgan fingerprint density at radius 1 is 1.62 bits per heavy atom. The molecular formula is C11H18N4O. The summed E-state index contributed by atoms with van der Waals surface area (Å²) in [5.74, 6) is 1.89. The van der Waals surface area contributed by atoms with Crippen LogP contribution in [0.1, 0.15) is 13.3 Å². The van der Waals surface area contributed by atoms with E-state index in [-0.39, 0.29) is 0 Å². The van der Waals surface area contributed by atoms with Gasteiger partial charge in [-0.15, -0.1) is 0 Å². The molecule has 88 valence electrons. The summed E-state index contributed by atoms with van der Waals surface area (Å²) in [6.07, 6.45) is 2.83. The van der Waals surface area contributed by atoms with Crippen molar-refractivity contribution in [3.63, 3.8) is 0 Å². The molecule has 0 saturated carbocycles. The minimum Gasteiger partial charge on any atom is -0.481 e. The van der Waals surface area contributed by atoms with Crippen LogP contribution in [0.3, 0.4) is 0 Å². The zero-order valence-corrected chi connectivity index (χ0v) is 9.76. The van der Waals surface area contributed by atoms with Gasteiger partial charge in [0, 0.05) is 24.8 Å². The van der Waals surface area contributed by atoms with Gasteiger partial charge in [-0.2, -0.15) is 4.98 Å². The smallest absolute Gasteiger partial charge is 0.228 e. The van der Waals surface area contributed by atoms with E-state index >= 15 is 0 Å². The first-order chi connectivity index (χ1) is 7.74. The molecule has 0 aromatic carbocycles. The average Bonchev–Trinajstić information content (AvgIpc) is 2.71. The number of nitrogens with zero attached hydrogens (tertiary/aromatic N) is 3. The van der Waals surface area contributed by atoms with Crippen LogP contribution < -0.4 is 15.4 Å². The maximum Gasteiger partial charge on any atom is 0.228 e. The van der Waals surface area contributed by atoms with E-state index in [9.17, 15) is 0 Å². The van der Waals surface area contributed by atoms with Crippen LogP contribution in [-0.2, 0) is 0 Å². The minimum absolute atomic E-state index is 0.445. The van der Waals surface area contributed by atoms with E-state index in [1.165, 1.54) is 0 Å². The number of nitrogens with two attached hydrogens (primary N) is 1. The van der Waals surface area contributed by atoms with Crippen LogP contribution in [0.2, 0.25) is 0 Å². The van der Waals surface area contributed by atoms with Gasteiger partial charge in [0.15, 0.2) is 0 Å². The lowest BCUT2D eigenvalue weighted by Gasteiger charge is -2.21. The van der Waals surface area contributed by atoms with E-state index in [4.69, 9.17) is 10.5 Å². The monoisotopic (exact) mass is 222 g/mol. The number of hydrogen-bond donors (Lipinski definition) is 1. The highest BCUT2D eigenvalue weighted by Gasteiger charge is 2.29. The van der Waals surface area contributed by atoms with Crippen LogP contribution in [0.25, 0.3) is 0 Å². The first-order valence-corrected chi connectivity index (χ1v) is 5.58. The highest BCUT2D eigenvalue weighted by Crippen LogP contribution is 2.26. The summed E-state index contributed by atoms with van der Waals surface area (Å²) >= 11 is 0. The van der Waals surface area contributed by atoms with Gasteiger partial charge in [0.2, 0.25) is 11.8 Å². The maximum atomic E-state index is 5.70. The van der Waals surface area contributed by atoms with E-state index in [2.05, 4.69) is 21.8 Å². The highest BCUT2D eigenvalue weighted by atomic mass is 16.5. The van der Waals surface area contributed by atoms with Gasteiger partial charge in [0.05, 0.1) is 7.11 Å². The zero-order valence-electron chi connectivity index (χ0n) is 9.76. The van der Waals surface area contributed by atoms with Crippen LogP contribution >= 0.6 is 0 Å². The average molecular weight is 222 g/mol. The molecule has 2 heterocycles. The van der Waals surface area contributed by atoms with E-state index < -0.39 is 0 Å². The second-order valence-corrected chi connectivity index (χ2v) is 4.24. The molecule has 1 aliphatic rings. The third kappa shape index (κ3) is 2.09. The molecule has 1 aromatic heterocycles. The molecule has 2 rings (SSSR count). The largest absolute Gasteiger partial charge is 0.481 e. The van der Waals surface area contributed by atoms with Crippen LogP contribution in [0, 0.1) is 5.92 Å². The Hall–Kier alpha value is -1.36. The molecule has 5 heteroatoms. The van der Waals surface area contributed by atoms with Gasteiger partial charge < -0.3 is 15.4 Å². The lowest BCUT2D eigenvalue weighted by Crippen LogP contribution is -2.29. The fourth-order valence-corrected chi connectivity index (χ4v) is 2.18. The molecule has 16 heavy (non-hydrogen) atoms. The highest BCUT2D eigenvalue weighted by molar-refractivity contribution is 5.35. The second kappa shape index (κ2) is 4.65. The van der Waals surface area contributed by atoms with Crippen molar-refractivity contribution in [3.05, 3.63) is 12.3 Å². The van der Waals surface area contributed by atoms with Crippen LogP contribution in [0.15, 0.2) is 12.3 Å². The number of hydrogen-bond acceptors (Lipinski definition) is 5. The summed E-state index contributed by atoms with van der Waals surface area (Å²) in [5.41, 5.74) is 5.70. The standard InChI is InChI=1S/C11H18N4O/c1-8-5-9(6-12)7-15(8)11-13-4-3-10(14-11)16-2/h3-4,8-9H,5-7,12H2,1-2H3. The molecule has 0 spiro atoms. The molecule has 1 aliphatic heterocycles. The number of anilines is 1. The summed E-state index contributed by atoms with van der Waals surface area (Å²) in [5, 5.41) is 0. The van der Waals surface area contributed by atoms with Gasteiger partial charge in [-0.25, -0.2) is 4.98 Å². The van der Waals surface area contributed by atoms with Gasteiger partial charge in [-0.05, 0) is 25.8 Å². The molecule has 1 aromatic rings. The van der Waals surface area contributed by atoms with E-state index in [1.54, 1.807) is 19.4 Å². The first kappa shape index (κ1) is 11.1. The van der Waals surface area contributed by atoms with Gasteiger partial charge in [0.25, 0.3) is 0 Å². The van der Waals surface area contributed by atoms with Crippen LogP contribution in [-0.4, -0.2) is 36.2 Å². The topological polar surface area (TPSA) is 64.3 Å². The predicted molar refractivity (Wildman–Crippen MR) is 62.6 cm³/mol. The van der Waals surface area contributed by atoms with E-state index in [0.29, 0.717) is 17.8 Å². The summed E-state index contributed by atoms with van der Waals surface area (Å²) in [7, 11) is 1.61. The third-order valence-corrected chi connectivity index (χ3v) is 3.08. The van der Waals surface area contributed by atoms with Crippen molar-refractivity contribution < 1.29 is 4.74 Å². The minimum atomic E-state index is 0.445. The van der Waals surface area contributed by atoms with Crippen molar-refractivity contribution >= 4 is 5.95 Å². The number of methoxy groups -OCH3 is 1. The van der Waals surface area contributed by atoms with Crippen molar-refractivity contribution in [2.24, 2.45) is 11.7 Å². The van der Waals surface area contributed by atoms with Crippen LogP contribution in [0.4, 0.5) is 5.95 Å². The molecule has 1 fully saturated rings. The normalized spacial score (nSPS) is 24.8. The summed E-state index contributed by atoms with van der Waals surface area (Å²) in [6, 6.07) is 2.20. The molecule has 0 aliphatic carbocycles. The Kier molecular flexibility index (Phi) is 3.24. The summed E-state index contributed by atoms with van der Waals surface area (Å²) in [4.78, 5) is 10.8. The van der Waals surface area contributed by atoms with Crippen molar-refractivity contribution in [2.45, 2.75) is 19.4 Å². The molecule has 0 bridgehead atoms. The Balaban J connectivity index is 2.17. The molecule has 5 nitrogen and oxygen atoms in total. The van der Waals surface area contributed by atoms with Gasteiger partial charge in [-0.1, -0.05) is 0 Å². The molecule has 0 amide bonds. The molecule has 2 unspecified atom stereocenters. The van der Waals surface area contributed by atoms with Crippen molar-refractivity contribution in [1.29, 1.82) is 0 Å². The SMILES string of the molecule is COc1ccnc(N2CC(CN)CC2C)n1. The number of ether oxygens (including phenoxy) is 1. The molecule has 1 saturated heterocycles. The van der Waals surface area contributed by atoms with Crippen molar-refractivity contribution in [1.82, 2.24) is 9.97 Å². The number of rotatable bonds is 3. The fourth-order valence-electron chi connectivity index (χ4n) is 2.18. The van der Waals surface area contributed by atoms with Gasteiger partial charge in [0.1, 0.15) is 0 Å². The predicted octanol–water partition coefficient (Wildman–Crippen LogP) is 0.659. The maximum absolute atomic E-state index is 5.70. The zero-order chi connectivity index (χ0) is 11.5. The third-order valence-electron chi connectivity index (χ3n) is 3.08. The van der Waals surface area contributed by atoms with Gasteiger partial charge >= 0.3 is 0 Å². The first-order valence-electron chi connectivity index (χ1n) is 5.58. The van der Waals surface area contributed by atoms with Crippen molar-refractivity contribution in [3.8, 4) is 5.88 Å². The lowest BCUT2D eigenvalue weighted by atomic mass is 10.1. The summed E-state index contributed by atoms with van der Waals surface area (Å²) in [6.45, 7) is 3.84.